The maximum Gasteiger partial charge on any atom is 0.224 e. The third-order valence-corrected chi connectivity index (χ3v) is 2.97. The van der Waals surface area contributed by atoms with Gasteiger partial charge in [-0.05, 0) is 30.2 Å². The fourth-order valence-electron chi connectivity index (χ4n) is 1.68. The lowest BCUT2D eigenvalue weighted by Gasteiger charge is -2.08. The van der Waals surface area contributed by atoms with Crippen LogP contribution < -0.4 is 5.32 Å². The number of hydrogen-bond donors (Lipinski definition) is 2. The molecule has 0 aliphatic rings. The number of carbonyl (C=O) groups is 1. The van der Waals surface area contributed by atoms with Crippen molar-refractivity contribution >= 4 is 23.2 Å². The Bertz CT molecular complexity index is 634. The molecule has 4 nitrogen and oxygen atoms in total. The van der Waals surface area contributed by atoms with Gasteiger partial charge < -0.3 is 10.4 Å². The number of phenols is 1. The van der Waals surface area contributed by atoms with Crippen LogP contribution in [0.25, 0.3) is 0 Å². The molecule has 104 valence electrons. The normalized spacial score (nSPS) is 10.3. The number of anilines is 1. The summed E-state index contributed by atoms with van der Waals surface area (Å²) in [5, 5.41) is 12.4. The Balaban J connectivity index is 1.94. The van der Waals surface area contributed by atoms with Gasteiger partial charge in [-0.15, -0.1) is 0 Å². The molecule has 1 aromatic carbocycles. The van der Waals surface area contributed by atoms with E-state index in [0.29, 0.717) is 12.0 Å². The first kappa shape index (κ1) is 14.3. The largest absolute Gasteiger partial charge is 0.504 e. The molecule has 0 fully saturated rings. The Hall–Kier alpha value is -2.14. The zero-order valence-electron chi connectivity index (χ0n) is 10.4. The van der Waals surface area contributed by atoms with E-state index in [-0.39, 0.29) is 28.8 Å². The monoisotopic (exact) mass is 294 g/mol. The van der Waals surface area contributed by atoms with E-state index in [4.69, 9.17) is 11.6 Å². The molecule has 0 aliphatic carbocycles. The number of phenolic OH excluding ortho intramolecular Hbond substituents is 1. The lowest BCUT2D eigenvalue weighted by atomic mass is 10.1. The van der Waals surface area contributed by atoms with E-state index in [9.17, 15) is 14.3 Å². The predicted octanol–water partition coefficient (Wildman–Crippen LogP) is 3.15. The van der Waals surface area contributed by atoms with Crippen LogP contribution in [0.2, 0.25) is 5.02 Å². The van der Waals surface area contributed by atoms with E-state index in [1.807, 2.05) is 0 Å². The second-order valence-electron chi connectivity index (χ2n) is 4.20. The molecule has 0 saturated carbocycles. The number of hydrogen-bond acceptors (Lipinski definition) is 3. The van der Waals surface area contributed by atoms with E-state index >= 15 is 0 Å². The van der Waals surface area contributed by atoms with Crippen LogP contribution in [0, 0.1) is 5.82 Å². The average molecular weight is 295 g/mol. The number of pyridine rings is 1. The molecule has 0 saturated heterocycles. The van der Waals surface area contributed by atoms with Crippen LogP contribution in [0.1, 0.15) is 12.0 Å². The minimum absolute atomic E-state index is 0.150. The highest BCUT2D eigenvalue weighted by atomic mass is 35.5. The van der Waals surface area contributed by atoms with Crippen LogP contribution >= 0.6 is 11.6 Å². The number of amides is 1. The van der Waals surface area contributed by atoms with Gasteiger partial charge in [0.15, 0.2) is 5.75 Å². The zero-order valence-corrected chi connectivity index (χ0v) is 11.2. The molecule has 0 atom stereocenters. The van der Waals surface area contributed by atoms with Crippen LogP contribution in [0.4, 0.5) is 10.1 Å². The standard InChI is InChI=1S/C14H12ClFN2O2/c15-11-2-1-3-12(14(11)20)18-13(19)5-4-9-6-10(16)8-17-7-9/h1-3,6-8,20H,4-5H2,(H,18,19). The summed E-state index contributed by atoms with van der Waals surface area (Å²) in [6, 6.07) is 6.01. The van der Waals surface area contributed by atoms with Gasteiger partial charge in [-0.3, -0.25) is 9.78 Å². The van der Waals surface area contributed by atoms with Gasteiger partial charge in [0.05, 0.1) is 16.9 Å². The Morgan fingerprint density at radius 3 is 2.95 bits per heavy atom. The van der Waals surface area contributed by atoms with Crippen molar-refractivity contribution in [3.8, 4) is 5.75 Å². The van der Waals surface area contributed by atoms with Gasteiger partial charge in [-0.1, -0.05) is 17.7 Å². The molecule has 0 bridgehead atoms. The van der Waals surface area contributed by atoms with Gasteiger partial charge in [0.1, 0.15) is 5.82 Å². The van der Waals surface area contributed by atoms with Gasteiger partial charge in [0, 0.05) is 12.6 Å². The maximum atomic E-state index is 12.9. The first-order valence-corrected chi connectivity index (χ1v) is 6.31. The molecule has 1 amide bonds. The first-order valence-electron chi connectivity index (χ1n) is 5.93. The molecule has 2 rings (SSSR count). The number of aryl methyl sites for hydroxylation is 1. The third-order valence-electron chi connectivity index (χ3n) is 2.66. The second kappa shape index (κ2) is 6.34. The number of nitrogens with one attached hydrogen (secondary N) is 1. The quantitative estimate of drug-likeness (QED) is 0.852. The van der Waals surface area contributed by atoms with Crippen LogP contribution in [0.15, 0.2) is 36.7 Å². The van der Waals surface area contributed by atoms with E-state index in [1.165, 1.54) is 18.3 Å². The second-order valence-corrected chi connectivity index (χ2v) is 4.60. The van der Waals surface area contributed by atoms with Gasteiger partial charge >= 0.3 is 0 Å². The van der Waals surface area contributed by atoms with Gasteiger partial charge in [0.25, 0.3) is 0 Å². The summed E-state index contributed by atoms with van der Waals surface area (Å²) in [5.74, 6) is -0.905. The number of rotatable bonds is 4. The van der Waals surface area contributed by atoms with Gasteiger partial charge in [-0.2, -0.15) is 0 Å². The van der Waals surface area contributed by atoms with E-state index in [1.54, 1.807) is 12.1 Å². The summed E-state index contributed by atoms with van der Waals surface area (Å²) in [5.41, 5.74) is 0.885. The highest BCUT2D eigenvalue weighted by Crippen LogP contribution is 2.31. The van der Waals surface area contributed by atoms with Crippen LogP contribution in [-0.2, 0) is 11.2 Å². The van der Waals surface area contributed by atoms with Gasteiger partial charge in [-0.25, -0.2) is 4.39 Å². The van der Waals surface area contributed by atoms with Crippen LogP contribution in [0.5, 0.6) is 5.75 Å². The van der Waals surface area contributed by atoms with Crippen molar-refractivity contribution in [3.63, 3.8) is 0 Å². The fourth-order valence-corrected chi connectivity index (χ4v) is 1.85. The zero-order chi connectivity index (χ0) is 14.5. The average Bonchev–Trinajstić information content (AvgIpc) is 2.42. The Labute approximate surface area is 120 Å². The van der Waals surface area contributed by atoms with Crippen LogP contribution in [0.3, 0.4) is 0 Å². The predicted molar refractivity (Wildman–Crippen MR) is 74.3 cm³/mol. The minimum atomic E-state index is -0.435. The van der Waals surface area contributed by atoms with Crippen molar-refractivity contribution in [1.29, 1.82) is 0 Å². The van der Waals surface area contributed by atoms with Crippen molar-refractivity contribution in [1.82, 2.24) is 4.98 Å². The number of carbonyl (C=O) groups excluding carboxylic acids is 1. The maximum absolute atomic E-state index is 12.9. The molecule has 1 heterocycles. The number of para-hydroxylation sites is 1. The molecule has 20 heavy (non-hydrogen) atoms. The van der Waals surface area contributed by atoms with Crippen molar-refractivity contribution in [2.24, 2.45) is 0 Å². The molecule has 0 spiro atoms. The summed E-state index contributed by atoms with van der Waals surface area (Å²) >= 11 is 5.74. The number of benzene rings is 1. The Morgan fingerprint density at radius 2 is 2.20 bits per heavy atom. The summed E-state index contributed by atoms with van der Waals surface area (Å²) in [6.45, 7) is 0. The van der Waals surface area contributed by atoms with E-state index < -0.39 is 5.82 Å². The summed E-state index contributed by atoms with van der Waals surface area (Å²) in [6.07, 6.45) is 3.12. The lowest BCUT2D eigenvalue weighted by Crippen LogP contribution is -2.12. The lowest BCUT2D eigenvalue weighted by molar-refractivity contribution is -0.116. The highest BCUT2D eigenvalue weighted by Gasteiger charge is 2.09. The van der Waals surface area contributed by atoms with Crippen molar-refractivity contribution < 1.29 is 14.3 Å². The van der Waals surface area contributed by atoms with E-state index in [2.05, 4.69) is 10.3 Å². The first-order chi connectivity index (χ1) is 9.56. The molecule has 2 N–H and O–H groups in total. The topological polar surface area (TPSA) is 62.2 Å². The van der Waals surface area contributed by atoms with Crippen molar-refractivity contribution in [2.75, 3.05) is 5.32 Å². The smallest absolute Gasteiger partial charge is 0.224 e. The van der Waals surface area contributed by atoms with Crippen LogP contribution in [-0.4, -0.2) is 16.0 Å². The molecule has 2 aromatic rings. The third kappa shape index (κ3) is 3.68. The number of aromatic nitrogens is 1. The number of aromatic hydroxyl groups is 1. The van der Waals surface area contributed by atoms with Crippen molar-refractivity contribution in [2.45, 2.75) is 12.8 Å². The summed E-state index contributed by atoms with van der Waals surface area (Å²) in [4.78, 5) is 15.5. The number of nitrogens with zero attached hydrogens (tertiary/aromatic N) is 1. The van der Waals surface area contributed by atoms with Gasteiger partial charge in [0.2, 0.25) is 5.91 Å². The van der Waals surface area contributed by atoms with Crippen molar-refractivity contribution in [3.05, 3.63) is 53.1 Å². The highest BCUT2D eigenvalue weighted by molar-refractivity contribution is 6.32. The Morgan fingerprint density at radius 1 is 1.40 bits per heavy atom. The molecular formula is C14H12ClFN2O2. The molecule has 6 heteroatoms. The minimum Gasteiger partial charge on any atom is -0.504 e. The Kier molecular flexibility index (Phi) is 4.53. The van der Waals surface area contributed by atoms with E-state index in [0.717, 1.165) is 6.20 Å². The summed E-state index contributed by atoms with van der Waals surface area (Å²) in [7, 11) is 0. The molecule has 0 radical (unpaired) electrons. The fraction of sp³-hybridized carbons (Fsp3) is 0.143. The summed E-state index contributed by atoms with van der Waals surface area (Å²) < 4.78 is 12.9. The SMILES string of the molecule is O=C(CCc1cncc(F)c1)Nc1cccc(Cl)c1O. The molecule has 0 unspecified atom stereocenters. The molecule has 1 aromatic heterocycles. The number of halogens is 2. The molecule has 0 aliphatic heterocycles. The molecular weight excluding hydrogens is 283 g/mol.